The molecule has 0 saturated carbocycles. The molecule has 0 aliphatic rings. The van der Waals surface area contributed by atoms with Gasteiger partial charge in [0, 0.05) is 14.5 Å². The van der Waals surface area contributed by atoms with Crippen LogP contribution >= 0.6 is 31.9 Å². The Balaban J connectivity index is 2.47. The summed E-state index contributed by atoms with van der Waals surface area (Å²) in [5.74, 6) is -2.57. The number of aryl methyl sites for hydroxylation is 1. The highest BCUT2D eigenvalue weighted by Crippen LogP contribution is 2.27. The normalized spacial score (nSPS) is 13.3. The number of carbonyl (C=O) groups excluding carboxylic acids is 2. The topological polar surface area (TPSA) is 89.5 Å². The van der Waals surface area contributed by atoms with Gasteiger partial charge in [-0.15, -0.1) is 0 Å². The number of sulfonamides is 1. The monoisotopic (exact) mass is 557 g/mol. The number of hydrogen-bond donors (Lipinski definition) is 1. The van der Waals surface area contributed by atoms with Crippen molar-refractivity contribution < 1.29 is 22.7 Å². The largest absolute Gasteiger partial charge is 0.465 e. The summed E-state index contributed by atoms with van der Waals surface area (Å²) in [5.41, 5.74) is 1.18. The average Bonchev–Trinajstić information content (AvgIpc) is 2.68. The van der Waals surface area contributed by atoms with Crippen molar-refractivity contribution in [1.29, 1.82) is 0 Å². The fourth-order valence-corrected chi connectivity index (χ4v) is 4.64. The third kappa shape index (κ3) is 6.10. The number of Topliss-reactive ketones (excluding diaryl/α,β-unsaturated/α-hetero) is 1. The van der Waals surface area contributed by atoms with E-state index in [1.807, 2.05) is 6.92 Å². The second kappa shape index (κ2) is 10.5. The number of nitrogens with one attached hydrogen (secondary N) is 1. The van der Waals surface area contributed by atoms with E-state index < -0.39 is 33.7 Å². The molecule has 0 spiro atoms. The second-order valence-electron chi connectivity index (χ2n) is 6.46. The predicted molar refractivity (Wildman–Crippen MR) is 122 cm³/mol. The minimum atomic E-state index is -4.11. The van der Waals surface area contributed by atoms with Gasteiger partial charge in [-0.1, -0.05) is 68.3 Å². The van der Waals surface area contributed by atoms with Crippen LogP contribution in [0.2, 0.25) is 0 Å². The van der Waals surface area contributed by atoms with Crippen molar-refractivity contribution in [3.05, 3.63) is 75.2 Å². The molecule has 0 aliphatic carbocycles. The van der Waals surface area contributed by atoms with Crippen LogP contribution in [0.4, 0.5) is 0 Å². The van der Waals surface area contributed by atoms with Crippen molar-refractivity contribution in [3.8, 4) is 0 Å². The number of halogens is 2. The minimum Gasteiger partial charge on any atom is -0.465 e. The number of ketones is 1. The zero-order valence-electron chi connectivity index (χ0n) is 16.4. The number of ether oxygens (including phenoxy) is 1. The molecule has 0 aliphatic heterocycles. The van der Waals surface area contributed by atoms with Gasteiger partial charge in [-0.25, -0.2) is 8.42 Å². The van der Waals surface area contributed by atoms with Crippen LogP contribution in [0.3, 0.4) is 0 Å². The van der Waals surface area contributed by atoms with Crippen LogP contribution in [-0.2, 0) is 19.6 Å². The third-order valence-corrected chi connectivity index (χ3v) is 6.71. The van der Waals surface area contributed by atoms with Gasteiger partial charge in [-0.05, 0) is 38.1 Å². The van der Waals surface area contributed by atoms with Crippen LogP contribution < -0.4 is 4.72 Å². The van der Waals surface area contributed by atoms with Crippen LogP contribution in [0, 0.1) is 12.8 Å². The summed E-state index contributed by atoms with van der Waals surface area (Å²) in [7, 11) is -4.11. The summed E-state index contributed by atoms with van der Waals surface area (Å²) in [6.45, 7) is 7.19. The molecule has 160 valence electrons. The maximum atomic E-state index is 13.2. The molecule has 0 heterocycles. The fourth-order valence-electron chi connectivity index (χ4n) is 2.71. The van der Waals surface area contributed by atoms with Gasteiger partial charge in [0.2, 0.25) is 10.0 Å². The van der Waals surface area contributed by atoms with Gasteiger partial charge < -0.3 is 4.74 Å². The molecule has 2 aromatic rings. The molecular formula is C21H21Br2NO5S. The summed E-state index contributed by atoms with van der Waals surface area (Å²) in [6, 6.07) is 11.1. The fraction of sp³-hybridized carbons (Fsp3) is 0.238. The lowest BCUT2D eigenvalue weighted by atomic mass is 9.91. The molecule has 9 heteroatoms. The van der Waals surface area contributed by atoms with E-state index in [4.69, 9.17) is 4.74 Å². The Bertz CT molecular complexity index is 1030. The molecule has 0 fully saturated rings. The molecule has 6 nitrogen and oxygen atoms in total. The Hall–Kier alpha value is -1.81. The maximum Gasteiger partial charge on any atom is 0.325 e. The van der Waals surface area contributed by atoms with Crippen molar-refractivity contribution in [2.24, 2.45) is 5.92 Å². The Morgan fingerprint density at radius 2 is 1.67 bits per heavy atom. The molecule has 2 atom stereocenters. The highest BCUT2D eigenvalue weighted by atomic mass is 79.9. The first-order valence-electron chi connectivity index (χ1n) is 8.96. The van der Waals surface area contributed by atoms with E-state index in [9.17, 15) is 18.0 Å². The first kappa shape index (κ1) is 24.5. The van der Waals surface area contributed by atoms with Crippen molar-refractivity contribution in [2.45, 2.75) is 24.8 Å². The maximum absolute atomic E-state index is 13.2. The first-order valence-corrected chi connectivity index (χ1v) is 12.0. The zero-order valence-corrected chi connectivity index (χ0v) is 20.4. The molecule has 0 bridgehead atoms. The summed E-state index contributed by atoms with van der Waals surface area (Å²) in [6.07, 6.45) is 0. The molecule has 0 aromatic heterocycles. The highest BCUT2D eigenvalue weighted by Gasteiger charge is 2.39. The SMILES string of the molecule is C=C(Br)[C@@H](C(=O)c1ccc(Br)cc1)[C@H](NS(=O)(=O)c1ccc(C)cc1)C(=O)OCC. The molecule has 30 heavy (non-hydrogen) atoms. The lowest BCUT2D eigenvalue weighted by Crippen LogP contribution is -2.49. The average molecular weight is 559 g/mol. The van der Waals surface area contributed by atoms with Gasteiger partial charge in [-0.3, -0.25) is 9.59 Å². The molecule has 1 N–H and O–H groups in total. The molecule has 2 aromatic carbocycles. The van der Waals surface area contributed by atoms with E-state index in [2.05, 4.69) is 43.2 Å². The number of carbonyl (C=O) groups is 2. The van der Waals surface area contributed by atoms with E-state index in [-0.39, 0.29) is 16.0 Å². The molecule has 2 rings (SSSR count). The Labute approximate surface area is 193 Å². The zero-order chi connectivity index (χ0) is 22.5. The number of rotatable bonds is 9. The van der Waals surface area contributed by atoms with Crippen LogP contribution in [-0.4, -0.2) is 32.8 Å². The Morgan fingerprint density at radius 1 is 1.10 bits per heavy atom. The van der Waals surface area contributed by atoms with Gasteiger partial charge in [0.25, 0.3) is 0 Å². The second-order valence-corrected chi connectivity index (χ2v) is 10.1. The predicted octanol–water partition coefficient (Wildman–Crippen LogP) is 4.38. The first-order chi connectivity index (χ1) is 14.1. The smallest absolute Gasteiger partial charge is 0.325 e. The minimum absolute atomic E-state index is 0.0234. The molecular weight excluding hydrogens is 538 g/mol. The van der Waals surface area contributed by atoms with E-state index >= 15 is 0 Å². The Morgan fingerprint density at radius 3 is 2.17 bits per heavy atom. The molecule has 0 saturated heterocycles. The van der Waals surface area contributed by atoms with Crippen LogP contribution in [0.25, 0.3) is 0 Å². The van der Waals surface area contributed by atoms with Crippen molar-refractivity contribution in [1.82, 2.24) is 4.72 Å². The molecule has 0 amide bonds. The molecule has 0 unspecified atom stereocenters. The third-order valence-electron chi connectivity index (χ3n) is 4.24. The lowest BCUT2D eigenvalue weighted by Gasteiger charge is -2.25. The van der Waals surface area contributed by atoms with E-state index in [1.165, 1.54) is 12.1 Å². The van der Waals surface area contributed by atoms with Gasteiger partial charge in [0.15, 0.2) is 5.78 Å². The number of hydrogen-bond acceptors (Lipinski definition) is 5. The summed E-state index contributed by atoms with van der Waals surface area (Å²) in [5, 5.41) is 0. The van der Waals surface area contributed by atoms with Crippen molar-refractivity contribution in [2.75, 3.05) is 6.61 Å². The van der Waals surface area contributed by atoms with E-state index in [0.29, 0.717) is 5.56 Å². The van der Waals surface area contributed by atoms with Crippen LogP contribution in [0.1, 0.15) is 22.8 Å². The number of esters is 1. The van der Waals surface area contributed by atoms with Gasteiger partial charge in [0.1, 0.15) is 6.04 Å². The van der Waals surface area contributed by atoms with Crippen molar-refractivity contribution in [3.63, 3.8) is 0 Å². The van der Waals surface area contributed by atoms with Gasteiger partial charge in [0.05, 0.1) is 17.4 Å². The van der Waals surface area contributed by atoms with Crippen LogP contribution in [0.5, 0.6) is 0 Å². The quantitative estimate of drug-likeness (QED) is 0.364. The molecule has 0 radical (unpaired) electrons. The lowest BCUT2D eigenvalue weighted by molar-refractivity contribution is -0.145. The number of benzene rings is 2. The van der Waals surface area contributed by atoms with Gasteiger partial charge >= 0.3 is 5.97 Å². The van der Waals surface area contributed by atoms with Crippen LogP contribution in [0.15, 0.2) is 69.0 Å². The van der Waals surface area contributed by atoms with Gasteiger partial charge in [-0.2, -0.15) is 4.72 Å². The van der Waals surface area contributed by atoms with E-state index in [0.717, 1.165) is 10.0 Å². The summed E-state index contributed by atoms with van der Waals surface area (Å²) < 4.78 is 34.1. The highest BCUT2D eigenvalue weighted by molar-refractivity contribution is 9.11. The van der Waals surface area contributed by atoms with Crippen molar-refractivity contribution >= 4 is 53.6 Å². The summed E-state index contributed by atoms with van der Waals surface area (Å²) >= 11 is 6.48. The Kier molecular flexibility index (Phi) is 8.54. The summed E-state index contributed by atoms with van der Waals surface area (Å²) in [4.78, 5) is 25.8. The standard InChI is InChI=1S/C21H21Br2NO5S/c1-4-29-21(26)19(24-30(27,28)17-11-5-13(2)6-12-17)18(14(3)22)20(25)15-7-9-16(23)10-8-15/h5-12,18-19,24H,3-4H2,1-2H3/t18-,19+/m1/s1. The van der Waals surface area contributed by atoms with E-state index in [1.54, 1.807) is 43.3 Å².